The average molecular weight is 356 g/mol. The average Bonchev–Trinajstić information content (AvgIpc) is 2.43. The second-order valence-corrected chi connectivity index (χ2v) is 7.75. The third-order valence-corrected chi connectivity index (χ3v) is 4.21. The molecule has 1 aromatic rings. The van der Waals surface area contributed by atoms with Crippen molar-refractivity contribution in [1.82, 2.24) is 15.3 Å². The van der Waals surface area contributed by atoms with E-state index >= 15 is 0 Å². The van der Waals surface area contributed by atoms with Gasteiger partial charge in [0, 0.05) is 25.7 Å². The Morgan fingerprint density at radius 1 is 1.35 bits per heavy atom. The van der Waals surface area contributed by atoms with E-state index in [4.69, 9.17) is 23.8 Å². The van der Waals surface area contributed by atoms with E-state index in [1.54, 1.807) is 0 Å². The van der Waals surface area contributed by atoms with Crippen molar-refractivity contribution < 1.29 is 0 Å². The first kappa shape index (κ1) is 18.2. The van der Waals surface area contributed by atoms with Gasteiger partial charge in [-0.2, -0.15) is 4.98 Å². The summed E-state index contributed by atoms with van der Waals surface area (Å²) in [6, 6.07) is 1.82. The van der Waals surface area contributed by atoms with Gasteiger partial charge in [-0.25, -0.2) is 4.98 Å². The predicted octanol–water partition coefficient (Wildman–Crippen LogP) is 3.55. The summed E-state index contributed by atoms with van der Waals surface area (Å²) in [6.07, 6.45) is 1.25. The van der Waals surface area contributed by atoms with E-state index in [1.807, 2.05) is 6.07 Å². The van der Waals surface area contributed by atoms with E-state index in [9.17, 15) is 0 Å². The van der Waals surface area contributed by atoms with Crippen LogP contribution in [0.25, 0.3) is 0 Å². The van der Waals surface area contributed by atoms with Crippen LogP contribution < -0.4 is 15.5 Å². The van der Waals surface area contributed by atoms with Gasteiger partial charge in [0.1, 0.15) is 11.0 Å². The van der Waals surface area contributed by atoms with Crippen molar-refractivity contribution in [3.63, 3.8) is 0 Å². The van der Waals surface area contributed by atoms with Gasteiger partial charge in [-0.1, -0.05) is 39.3 Å². The predicted molar refractivity (Wildman–Crippen MR) is 101 cm³/mol. The maximum absolute atomic E-state index is 6.17. The van der Waals surface area contributed by atoms with Gasteiger partial charge in [-0.05, 0) is 36.4 Å². The number of piperidine rings is 1. The van der Waals surface area contributed by atoms with Crippen molar-refractivity contribution in [2.75, 3.05) is 29.9 Å². The highest BCUT2D eigenvalue weighted by Crippen LogP contribution is 2.26. The fourth-order valence-electron chi connectivity index (χ4n) is 2.92. The summed E-state index contributed by atoms with van der Waals surface area (Å²) in [7, 11) is 0. The molecule has 2 unspecified atom stereocenters. The summed E-state index contributed by atoms with van der Waals surface area (Å²) in [4.78, 5) is 11.1. The SMILES string of the molecule is CC(C)CNC(=S)Nc1nc(Cl)cc(N2CC(C)CC(C)C2)n1. The number of nitrogens with one attached hydrogen (secondary N) is 2. The first-order valence-electron chi connectivity index (χ1n) is 8.18. The largest absolute Gasteiger partial charge is 0.362 e. The maximum Gasteiger partial charge on any atom is 0.232 e. The number of thiocarbonyl (C=S) groups is 1. The van der Waals surface area contributed by atoms with Gasteiger partial charge in [-0.3, -0.25) is 0 Å². The third kappa shape index (κ3) is 5.77. The van der Waals surface area contributed by atoms with Crippen molar-refractivity contribution in [2.24, 2.45) is 17.8 Å². The van der Waals surface area contributed by atoms with Gasteiger partial charge >= 0.3 is 0 Å². The number of halogens is 1. The summed E-state index contributed by atoms with van der Waals surface area (Å²) < 4.78 is 0. The molecular weight excluding hydrogens is 330 g/mol. The molecule has 7 heteroatoms. The molecule has 0 bridgehead atoms. The minimum Gasteiger partial charge on any atom is -0.362 e. The molecule has 1 fully saturated rings. The quantitative estimate of drug-likeness (QED) is 0.636. The van der Waals surface area contributed by atoms with Crippen molar-refractivity contribution in [3.05, 3.63) is 11.2 Å². The number of hydrogen-bond acceptors (Lipinski definition) is 4. The Balaban J connectivity index is 2.08. The molecule has 2 N–H and O–H groups in total. The van der Waals surface area contributed by atoms with Crippen LogP contribution in [0.4, 0.5) is 11.8 Å². The molecule has 128 valence electrons. The molecule has 1 aliphatic rings. The minimum absolute atomic E-state index is 0.426. The van der Waals surface area contributed by atoms with Crippen LogP contribution in [0.15, 0.2) is 6.07 Å². The first-order valence-corrected chi connectivity index (χ1v) is 8.96. The zero-order chi connectivity index (χ0) is 17.0. The van der Waals surface area contributed by atoms with Gasteiger partial charge in [-0.15, -0.1) is 0 Å². The Bertz CT molecular complexity index is 541. The zero-order valence-corrected chi connectivity index (χ0v) is 15.8. The van der Waals surface area contributed by atoms with Gasteiger partial charge < -0.3 is 15.5 Å². The number of hydrogen-bond donors (Lipinski definition) is 2. The van der Waals surface area contributed by atoms with Gasteiger partial charge in [0.2, 0.25) is 5.95 Å². The number of rotatable bonds is 4. The molecule has 23 heavy (non-hydrogen) atoms. The number of nitrogens with zero attached hydrogens (tertiary/aromatic N) is 3. The molecule has 1 aliphatic heterocycles. The van der Waals surface area contributed by atoms with E-state index in [0.29, 0.717) is 34.0 Å². The molecular formula is C16H26ClN5S. The lowest BCUT2D eigenvalue weighted by atomic mass is 9.92. The van der Waals surface area contributed by atoms with Crippen molar-refractivity contribution in [2.45, 2.75) is 34.1 Å². The second kappa shape index (κ2) is 8.11. The lowest BCUT2D eigenvalue weighted by Crippen LogP contribution is -2.39. The molecule has 0 amide bonds. The zero-order valence-electron chi connectivity index (χ0n) is 14.3. The van der Waals surface area contributed by atoms with Crippen molar-refractivity contribution >= 4 is 40.7 Å². The fraction of sp³-hybridized carbons (Fsp3) is 0.688. The smallest absolute Gasteiger partial charge is 0.232 e. The summed E-state index contributed by atoms with van der Waals surface area (Å²) >= 11 is 11.4. The Morgan fingerprint density at radius 2 is 2.00 bits per heavy atom. The summed E-state index contributed by atoms with van der Waals surface area (Å²) in [5.41, 5.74) is 0. The summed E-state index contributed by atoms with van der Waals surface area (Å²) in [5, 5.41) is 7.12. The van der Waals surface area contributed by atoms with Crippen LogP contribution >= 0.6 is 23.8 Å². The van der Waals surface area contributed by atoms with E-state index in [-0.39, 0.29) is 0 Å². The lowest BCUT2D eigenvalue weighted by Gasteiger charge is -2.35. The monoisotopic (exact) mass is 355 g/mol. The molecule has 0 radical (unpaired) electrons. The molecule has 0 spiro atoms. The standard InChI is InChI=1S/C16H26ClN5S/c1-10(2)7-18-16(23)21-15-19-13(17)6-14(20-15)22-8-11(3)5-12(4)9-22/h6,10-12H,5,7-9H2,1-4H3,(H2,18,19,20,21,23). The van der Waals surface area contributed by atoms with Crippen LogP contribution in [0.5, 0.6) is 0 Å². The van der Waals surface area contributed by atoms with E-state index < -0.39 is 0 Å². The molecule has 5 nitrogen and oxygen atoms in total. The van der Waals surface area contributed by atoms with Crippen LogP contribution in [-0.4, -0.2) is 34.7 Å². The third-order valence-electron chi connectivity index (χ3n) is 3.77. The maximum atomic E-state index is 6.17. The van der Waals surface area contributed by atoms with Gasteiger partial charge in [0.15, 0.2) is 5.11 Å². The Labute approximate surface area is 149 Å². The molecule has 1 aromatic heterocycles. The normalized spacial score (nSPS) is 21.4. The molecule has 2 rings (SSSR count). The van der Waals surface area contributed by atoms with Gasteiger partial charge in [0.05, 0.1) is 0 Å². The topological polar surface area (TPSA) is 53.1 Å². The molecule has 1 saturated heterocycles. The van der Waals surface area contributed by atoms with E-state index in [0.717, 1.165) is 25.5 Å². The Hall–Kier alpha value is -1.14. The minimum atomic E-state index is 0.426. The molecule has 0 aliphatic carbocycles. The molecule has 0 aromatic carbocycles. The van der Waals surface area contributed by atoms with Gasteiger partial charge in [0.25, 0.3) is 0 Å². The lowest BCUT2D eigenvalue weighted by molar-refractivity contribution is 0.355. The first-order chi connectivity index (χ1) is 10.8. The Morgan fingerprint density at radius 3 is 2.61 bits per heavy atom. The van der Waals surface area contributed by atoms with Crippen molar-refractivity contribution in [3.8, 4) is 0 Å². The highest BCUT2D eigenvalue weighted by atomic mass is 35.5. The summed E-state index contributed by atoms with van der Waals surface area (Å²) in [6.45, 7) is 11.6. The van der Waals surface area contributed by atoms with Crippen molar-refractivity contribution in [1.29, 1.82) is 0 Å². The molecule has 2 heterocycles. The number of aromatic nitrogens is 2. The van der Waals surface area contributed by atoms with E-state index in [1.165, 1.54) is 6.42 Å². The molecule has 0 saturated carbocycles. The number of anilines is 2. The van der Waals surface area contributed by atoms with Crippen LogP contribution in [0, 0.1) is 17.8 Å². The van der Waals surface area contributed by atoms with Crippen LogP contribution in [0.1, 0.15) is 34.1 Å². The van der Waals surface area contributed by atoms with Crippen LogP contribution in [-0.2, 0) is 0 Å². The van der Waals surface area contributed by atoms with Crippen LogP contribution in [0.3, 0.4) is 0 Å². The van der Waals surface area contributed by atoms with Crippen LogP contribution in [0.2, 0.25) is 5.15 Å². The van der Waals surface area contributed by atoms with E-state index in [2.05, 4.69) is 53.2 Å². The molecule has 2 atom stereocenters. The summed E-state index contributed by atoms with van der Waals surface area (Å²) in [5.74, 6) is 3.12. The highest BCUT2D eigenvalue weighted by molar-refractivity contribution is 7.80. The fourth-order valence-corrected chi connectivity index (χ4v) is 3.27. The Kier molecular flexibility index (Phi) is 6.41. The highest BCUT2D eigenvalue weighted by Gasteiger charge is 2.23. The second-order valence-electron chi connectivity index (χ2n) is 6.95.